The van der Waals surface area contributed by atoms with E-state index in [0.717, 1.165) is 39.0 Å². The summed E-state index contributed by atoms with van der Waals surface area (Å²) in [5, 5.41) is 4.65. The molecule has 0 atom stereocenters. The second-order valence-corrected chi connectivity index (χ2v) is 12.5. The summed E-state index contributed by atoms with van der Waals surface area (Å²) in [6.07, 6.45) is 0. The summed E-state index contributed by atoms with van der Waals surface area (Å²) in [7, 11) is 0. The third kappa shape index (κ3) is 3.82. The summed E-state index contributed by atoms with van der Waals surface area (Å²) in [5.74, 6) is 0. The molecular formula is C43H31NO. The molecule has 0 saturated carbocycles. The van der Waals surface area contributed by atoms with Gasteiger partial charge in [0, 0.05) is 38.3 Å². The van der Waals surface area contributed by atoms with Gasteiger partial charge in [-0.1, -0.05) is 123 Å². The van der Waals surface area contributed by atoms with Crippen LogP contribution in [0, 0.1) is 0 Å². The number of furan rings is 1. The van der Waals surface area contributed by atoms with Gasteiger partial charge in [-0.3, -0.25) is 0 Å². The van der Waals surface area contributed by atoms with Crippen LogP contribution in [0.5, 0.6) is 0 Å². The van der Waals surface area contributed by atoms with Gasteiger partial charge in [-0.15, -0.1) is 0 Å². The smallest absolute Gasteiger partial charge is 0.143 e. The molecule has 1 aliphatic carbocycles. The number of anilines is 3. The molecule has 2 heteroatoms. The molecule has 214 valence electrons. The van der Waals surface area contributed by atoms with E-state index in [0.29, 0.717) is 0 Å². The first-order chi connectivity index (χ1) is 22.1. The van der Waals surface area contributed by atoms with E-state index in [4.69, 9.17) is 4.42 Å². The van der Waals surface area contributed by atoms with Gasteiger partial charge >= 0.3 is 0 Å². The fourth-order valence-corrected chi connectivity index (χ4v) is 7.46. The minimum absolute atomic E-state index is 0.178. The van der Waals surface area contributed by atoms with Crippen LogP contribution in [-0.2, 0) is 5.41 Å². The fourth-order valence-electron chi connectivity index (χ4n) is 7.46. The van der Waals surface area contributed by atoms with Crippen molar-refractivity contribution in [3.8, 4) is 22.3 Å². The number of hydrogen-bond donors (Lipinski definition) is 0. The highest BCUT2D eigenvalue weighted by Crippen LogP contribution is 2.56. The van der Waals surface area contributed by atoms with Crippen molar-refractivity contribution in [2.45, 2.75) is 19.3 Å². The maximum Gasteiger partial charge on any atom is 0.143 e. The quantitative estimate of drug-likeness (QED) is 0.207. The Labute approximate surface area is 262 Å². The number of hydrogen-bond acceptors (Lipinski definition) is 2. The van der Waals surface area contributed by atoms with Crippen LogP contribution in [-0.4, -0.2) is 0 Å². The average molecular weight is 578 g/mol. The number of nitrogens with zero attached hydrogens (tertiary/aromatic N) is 1. The minimum Gasteiger partial charge on any atom is -0.455 e. The van der Waals surface area contributed by atoms with Gasteiger partial charge in [0.25, 0.3) is 0 Å². The van der Waals surface area contributed by atoms with Crippen molar-refractivity contribution in [1.82, 2.24) is 0 Å². The van der Waals surface area contributed by atoms with E-state index >= 15 is 0 Å². The molecule has 0 aliphatic heterocycles. The highest BCUT2D eigenvalue weighted by atomic mass is 16.3. The Hall–Kier alpha value is -5.60. The average Bonchev–Trinajstić information content (AvgIpc) is 3.58. The van der Waals surface area contributed by atoms with Crippen LogP contribution in [0.25, 0.3) is 55.0 Å². The molecule has 7 aromatic carbocycles. The molecule has 0 bridgehead atoms. The largest absolute Gasteiger partial charge is 0.455 e. The molecule has 9 rings (SSSR count). The first-order valence-corrected chi connectivity index (χ1v) is 15.6. The van der Waals surface area contributed by atoms with Gasteiger partial charge in [-0.2, -0.15) is 0 Å². The third-order valence-electron chi connectivity index (χ3n) is 9.65. The van der Waals surface area contributed by atoms with Crippen LogP contribution >= 0.6 is 0 Å². The predicted molar refractivity (Wildman–Crippen MR) is 189 cm³/mol. The molecule has 0 N–H and O–H groups in total. The van der Waals surface area contributed by atoms with Crippen molar-refractivity contribution in [3.63, 3.8) is 0 Å². The van der Waals surface area contributed by atoms with E-state index in [9.17, 15) is 0 Å². The topological polar surface area (TPSA) is 16.4 Å². The standard InChI is InChI=1S/C43H31NO/c1-43(2)36-19-11-9-18-34(36)40-37(43)27-38(35-26-25-33-32-17-10-12-20-39(32)45-42(33)41(35)40)44(30-15-7-4-8-16-30)31-23-21-29(22-24-31)28-13-5-3-6-14-28/h3-27H,1-2H3. The lowest BCUT2D eigenvalue weighted by Gasteiger charge is -2.30. The Kier molecular flexibility index (Phi) is 5.58. The van der Waals surface area contributed by atoms with E-state index in [1.54, 1.807) is 0 Å². The molecule has 0 radical (unpaired) electrons. The zero-order valence-electron chi connectivity index (χ0n) is 25.3. The predicted octanol–water partition coefficient (Wildman–Crippen LogP) is 12.2. The van der Waals surface area contributed by atoms with Crippen molar-refractivity contribution in [1.29, 1.82) is 0 Å². The lowest BCUT2D eigenvalue weighted by Crippen LogP contribution is -2.17. The van der Waals surface area contributed by atoms with Gasteiger partial charge in [0.15, 0.2) is 0 Å². The second-order valence-electron chi connectivity index (χ2n) is 12.5. The van der Waals surface area contributed by atoms with Crippen LogP contribution in [0.15, 0.2) is 156 Å². The van der Waals surface area contributed by atoms with Crippen molar-refractivity contribution < 1.29 is 4.42 Å². The lowest BCUT2D eigenvalue weighted by atomic mass is 9.81. The third-order valence-corrected chi connectivity index (χ3v) is 9.65. The van der Waals surface area contributed by atoms with E-state index in [1.165, 1.54) is 44.2 Å². The molecule has 0 fully saturated rings. The molecule has 45 heavy (non-hydrogen) atoms. The van der Waals surface area contributed by atoms with E-state index in [1.807, 2.05) is 0 Å². The lowest BCUT2D eigenvalue weighted by molar-refractivity contribution is 0.660. The van der Waals surface area contributed by atoms with Gasteiger partial charge in [0.2, 0.25) is 0 Å². The molecule has 0 saturated heterocycles. The monoisotopic (exact) mass is 577 g/mol. The Morgan fingerprint density at radius 1 is 0.511 bits per heavy atom. The number of rotatable bonds is 4. The van der Waals surface area contributed by atoms with E-state index < -0.39 is 0 Å². The first kappa shape index (κ1) is 25.9. The number of fused-ring (bicyclic) bond motifs is 9. The van der Waals surface area contributed by atoms with E-state index in [2.05, 4.69) is 170 Å². The molecule has 0 amide bonds. The molecular weight excluding hydrogens is 546 g/mol. The van der Waals surface area contributed by atoms with Crippen LogP contribution in [0.2, 0.25) is 0 Å². The normalized spacial score (nSPS) is 13.3. The molecule has 0 unspecified atom stereocenters. The number of benzene rings is 7. The minimum atomic E-state index is -0.178. The van der Waals surface area contributed by atoms with Crippen LogP contribution in [0.3, 0.4) is 0 Å². The summed E-state index contributed by atoms with van der Waals surface area (Å²) in [5.41, 5.74) is 12.7. The Morgan fingerprint density at radius 2 is 1.13 bits per heavy atom. The van der Waals surface area contributed by atoms with Gasteiger partial charge in [-0.05, 0) is 75.8 Å². The van der Waals surface area contributed by atoms with Crippen molar-refractivity contribution in [2.24, 2.45) is 0 Å². The zero-order chi connectivity index (χ0) is 30.1. The first-order valence-electron chi connectivity index (χ1n) is 15.6. The SMILES string of the molecule is CC1(C)c2ccccc2-c2c1cc(N(c1ccccc1)c1ccc(-c3ccccc3)cc1)c1ccc3c4ccccc4oc3c21. The fraction of sp³-hybridized carbons (Fsp3) is 0.0698. The summed E-state index contributed by atoms with van der Waals surface area (Å²) in [4.78, 5) is 2.41. The maximum atomic E-state index is 6.77. The molecule has 0 spiro atoms. The van der Waals surface area contributed by atoms with Gasteiger partial charge in [0.05, 0.1) is 5.69 Å². The Balaban J connectivity index is 1.38. The molecule has 1 aromatic heterocycles. The Morgan fingerprint density at radius 3 is 1.93 bits per heavy atom. The summed E-state index contributed by atoms with van der Waals surface area (Å²) in [6, 6.07) is 54.5. The summed E-state index contributed by atoms with van der Waals surface area (Å²) < 4.78 is 6.77. The van der Waals surface area contributed by atoms with Crippen LogP contribution in [0.1, 0.15) is 25.0 Å². The van der Waals surface area contributed by atoms with Crippen LogP contribution in [0.4, 0.5) is 17.1 Å². The van der Waals surface area contributed by atoms with Crippen molar-refractivity contribution in [3.05, 3.63) is 163 Å². The van der Waals surface area contributed by atoms with E-state index in [-0.39, 0.29) is 5.41 Å². The van der Waals surface area contributed by atoms with Crippen molar-refractivity contribution in [2.75, 3.05) is 4.90 Å². The molecule has 2 nitrogen and oxygen atoms in total. The molecule has 8 aromatic rings. The van der Waals surface area contributed by atoms with Gasteiger partial charge in [0.1, 0.15) is 11.2 Å². The maximum absolute atomic E-state index is 6.77. The second kappa shape index (κ2) is 9.70. The highest BCUT2D eigenvalue weighted by molar-refractivity contribution is 6.23. The molecule has 1 aliphatic rings. The molecule has 1 heterocycles. The number of para-hydroxylation sites is 2. The summed E-state index contributed by atoms with van der Waals surface area (Å²) >= 11 is 0. The highest BCUT2D eigenvalue weighted by Gasteiger charge is 2.38. The summed E-state index contributed by atoms with van der Waals surface area (Å²) in [6.45, 7) is 4.71. The van der Waals surface area contributed by atoms with Crippen LogP contribution < -0.4 is 4.90 Å². The Bertz CT molecular complexity index is 2380. The van der Waals surface area contributed by atoms with Gasteiger partial charge < -0.3 is 9.32 Å². The van der Waals surface area contributed by atoms with Gasteiger partial charge in [-0.25, -0.2) is 0 Å². The van der Waals surface area contributed by atoms with Crippen molar-refractivity contribution >= 4 is 49.8 Å². The zero-order valence-corrected chi connectivity index (χ0v) is 25.3.